The quantitative estimate of drug-likeness (QED) is 0.814. The molecule has 0 heterocycles. The molecule has 0 fully saturated rings. The van der Waals surface area contributed by atoms with Crippen molar-refractivity contribution in [2.75, 3.05) is 19.6 Å². The average molecular weight is 262 g/mol. The molecule has 2 heteroatoms. The van der Waals surface area contributed by atoms with E-state index in [0.717, 1.165) is 26.2 Å². The predicted octanol–water partition coefficient (Wildman–Crippen LogP) is 3.52. The van der Waals surface area contributed by atoms with Gasteiger partial charge in [-0.3, -0.25) is 4.90 Å². The maximum atomic E-state index is 5.95. The van der Waals surface area contributed by atoms with Crippen molar-refractivity contribution in [1.82, 2.24) is 4.90 Å². The minimum absolute atomic E-state index is 0.357. The van der Waals surface area contributed by atoms with E-state index in [9.17, 15) is 0 Å². The van der Waals surface area contributed by atoms with Gasteiger partial charge in [-0.05, 0) is 36.4 Å². The fourth-order valence-corrected chi connectivity index (χ4v) is 2.60. The fourth-order valence-electron chi connectivity index (χ4n) is 2.60. The Hall–Kier alpha value is -0.860. The molecule has 108 valence electrons. The highest BCUT2D eigenvalue weighted by Crippen LogP contribution is 2.24. The topological polar surface area (TPSA) is 29.3 Å². The lowest BCUT2D eigenvalue weighted by Gasteiger charge is -2.30. The molecule has 0 saturated heterocycles. The Kier molecular flexibility index (Phi) is 6.53. The average Bonchev–Trinajstić information content (AvgIpc) is 2.36. The zero-order valence-electron chi connectivity index (χ0n) is 13.0. The van der Waals surface area contributed by atoms with Crippen LogP contribution in [-0.4, -0.2) is 24.5 Å². The summed E-state index contributed by atoms with van der Waals surface area (Å²) in [6, 6.07) is 10.7. The fraction of sp³-hybridized carbons (Fsp3) is 0.647. The van der Waals surface area contributed by atoms with E-state index in [1.54, 1.807) is 0 Å². The van der Waals surface area contributed by atoms with Crippen molar-refractivity contribution < 1.29 is 0 Å². The van der Waals surface area contributed by atoms with Crippen molar-refractivity contribution in [3.8, 4) is 0 Å². The van der Waals surface area contributed by atoms with Gasteiger partial charge in [-0.1, -0.05) is 58.0 Å². The molecule has 0 amide bonds. The second-order valence-electron chi connectivity index (χ2n) is 6.68. The first-order chi connectivity index (χ1) is 8.94. The molecule has 1 unspecified atom stereocenters. The molecular weight excluding hydrogens is 232 g/mol. The van der Waals surface area contributed by atoms with Gasteiger partial charge < -0.3 is 5.73 Å². The van der Waals surface area contributed by atoms with Crippen molar-refractivity contribution in [3.63, 3.8) is 0 Å². The molecule has 2 N–H and O–H groups in total. The van der Waals surface area contributed by atoms with Crippen LogP contribution in [0.25, 0.3) is 0 Å². The van der Waals surface area contributed by atoms with E-state index in [4.69, 9.17) is 5.73 Å². The summed E-state index contributed by atoms with van der Waals surface area (Å²) in [5.74, 6) is 0.587. The Labute approximate surface area is 119 Å². The van der Waals surface area contributed by atoms with Crippen LogP contribution in [0.1, 0.15) is 39.7 Å². The van der Waals surface area contributed by atoms with Crippen molar-refractivity contribution in [3.05, 3.63) is 35.9 Å². The van der Waals surface area contributed by atoms with Gasteiger partial charge in [0.2, 0.25) is 0 Å². The number of rotatable bonds is 7. The minimum Gasteiger partial charge on any atom is -0.330 e. The first-order valence-corrected chi connectivity index (χ1v) is 7.41. The van der Waals surface area contributed by atoms with Crippen molar-refractivity contribution in [1.29, 1.82) is 0 Å². The van der Waals surface area contributed by atoms with Crippen LogP contribution >= 0.6 is 0 Å². The summed E-state index contributed by atoms with van der Waals surface area (Å²) in [4.78, 5) is 2.50. The van der Waals surface area contributed by atoms with Crippen molar-refractivity contribution in [2.24, 2.45) is 17.1 Å². The number of hydrogen-bond acceptors (Lipinski definition) is 2. The Morgan fingerprint density at radius 3 is 2.26 bits per heavy atom. The molecule has 0 radical (unpaired) electrons. The van der Waals surface area contributed by atoms with Crippen molar-refractivity contribution in [2.45, 2.75) is 40.7 Å². The number of nitrogens with two attached hydrogens (primary N) is 1. The highest BCUT2D eigenvalue weighted by atomic mass is 15.1. The predicted molar refractivity (Wildman–Crippen MR) is 84.0 cm³/mol. The Morgan fingerprint density at radius 1 is 1.16 bits per heavy atom. The molecule has 0 aliphatic heterocycles. The second kappa shape index (κ2) is 7.66. The molecule has 1 atom stereocenters. The monoisotopic (exact) mass is 262 g/mol. The smallest absolute Gasteiger partial charge is 0.0233 e. The van der Waals surface area contributed by atoms with E-state index in [1.165, 1.54) is 12.0 Å². The lowest BCUT2D eigenvalue weighted by Crippen LogP contribution is -2.34. The van der Waals surface area contributed by atoms with Crippen molar-refractivity contribution >= 4 is 0 Å². The number of nitrogens with zero attached hydrogens (tertiary/aromatic N) is 1. The van der Waals surface area contributed by atoms with Crippen LogP contribution < -0.4 is 5.73 Å². The molecule has 19 heavy (non-hydrogen) atoms. The summed E-state index contributed by atoms with van der Waals surface area (Å²) in [5.41, 5.74) is 7.69. The van der Waals surface area contributed by atoms with Gasteiger partial charge in [0.15, 0.2) is 0 Å². The van der Waals surface area contributed by atoms with E-state index in [-0.39, 0.29) is 0 Å². The van der Waals surface area contributed by atoms with Crippen LogP contribution in [0.5, 0.6) is 0 Å². The van der Waals surface area contributed by atoms with Crippen LogP contribution in [0, 0.1) is 11.3 Å². The van der Waals surface area contributed by atoms with Gasteiger partial charge in [-0.2, -0.15) is 0 Å². The standard InChI is InChI=1S/C17H30N2/c1-5-19(13-15-9-7-6-8-10-15)14-16(12-18)11-17(2,3)4/h6-10,16H,5,11-14,18H2,1-4H3. The van der Waals surface area contributed by atoms with E-state index < -0.39 is 0 Å². The summed E-state index contributed by atoms with van der Waals surface area (Å²) in [5, 5.41) is 0. The van der Waals surface area contributed by atoms with E-state index in [2.05, 4.69) is 62.9 Å². The molecule has 1 aromatic carbocycles. The van der Waals surface area contributed by atoms with Gasteiger partial charge in [0.1, 0.15) is 0 Å². The third-order valence-electron chi connectivity index (χ3n) is 3.45. The molecule has 0 saturated carbocycles. The molecule has 0 bridgehead atoms. The van der Waals surface area contributed by atoms with Crippen LogP contribution in [0.4, 0.5) is 0 Å². The zero-order chi connectivity index (χ0) is 14.3. The summed E-state index contributed by atoms with van der Waals surface area (Å²) >= 11 is 0. The third-order valence-corrected chi connectivity index (χ3v) is 3.45. The second-order valence-corrected chi connectivity index (χ2v) is 6.68. The normalized spacial score (nSPS) is 13.8. The van der Waals surface area contributed by atoms with Crippen LogP contribution in [-0.2, 0) is 6.54 Å². The third kappa shape index (κ3) is 6.74. The van der Waals surface area contributed by atoms with Gasteiger partial charge in [0, 0.05) is 13.1 Å². The van der Waals surface area contributed by atoms with Crippen LogP contribution in [0.15, 0.2) is 30.3 Å². The Bertz CT molecular complexity index is 340. The summed E-state index contributed by atoms with van der Waals surface area (Å²) in [6.07, 6.45) is 1.19. The van der Waals surface area contributed by atoms with Gasteiger partial charge in [0.25, 0.3) is 0 Å². The highest BCUT2D eigenvalue weighted by Gasteiger charge is 2.19. The van der Waals surface area contributed by atoms with E-state index >= 15 is 0 Å². The van der Waals surface area contributed by atoms with Gasteiger partial charge in [-0.15, -0.1) is 0 Å². The molecule has 2 nitrogen and oxygen atoms in total. The molecule has 0 aliphatic rings. The van der Waals surface area contributed by atoms with Crippen LogP contribution in [0.3, 0.4) is 0 Å². The molecule has 0 aromatic heterocycles. The molecule has 0 spiro atoms. The summed E-state index contributed by atoms with van der Waals surface area (Å²) in [7, 11) is 0. The highest BCUT2D eigenvalue weighted by molar-refractivity contribution is 5.14. The first-order valence-electron chi connectivity index (χ1n) is 7.41. The maximum Gasteiger partial charge on any atom is 0.0233 e. The number of hydrogen-bond donors (Lipinski definition) is 1. The zero-order valence-corrected chi connectivity index (χ0v) is 13.0. The number of benzene rings is 1. The lowest BCUT2D eigenvalue weighted by atomic mass is 9.84. The van der Waals surface area contributed by atoms with Gasteiger partial charge >= 0.3 is 0 Å². The largest absolute Gasteiger partial charge is 0.330 e. The first kappa shape index (κ1) is 16.2. The Balaban J connectivity index is 2.55. The molecule has 1 rings (SSSR count). The molecule has 0 aliphatic carbocycles. The maximum absolute atomic E-state index is 5.95. The molecule has 1 aromatic rings. The summed E-state index contributed by atoms with van der Waals surface area (Å²) < 4.78 is 0. The molecular formula is C17H30N2. The van der Waals surface area contributed by atoms with E-state index in [0.29, 0.717) is 11.3 Å². The van der Waals surface area contributed by atoms with Crippen LogP contribution in [0.2, 0.25) is 0 Å². The summed E-state index contributed by atoms with van der Waals surface area (Å²) in [6.45, 7) is 13.1. The van der Waals surface area contributed by atoms with E-state index in [1.807, 2.05) is 0 Å². The SMILES string of the molecule is CCN(Cc1ccccc1)CC(CN)CC(C)(C)C. The minimum atomic E-state index is 0.357. The Morgan fingerprint density at radius 2 is 1.79 bits per heavy atom. The lowest BCUT2D eigenvalue weighted by molar-refractivity contribution is 0.195. The van der Waals surface area contributed by atoms with Gasteiger partial charge in [0.05, 0.1) is 0 Å². The van der Waals surface area contributed by atoms with Gasteiger partial charge in [-0.25, -0.2) is 0 Å².